The highest BCUT2D eigenvalue weighted by molar-refractivity contribution is 6.30. The summed E-state index contributed by atoms with van der Waals surface area (Å²) in [6.45, 7) is 2.87. The maximum atomic E-state index is 13.1. The van der Waals surface area contributed by atoms with Crippen LogP contribution in [0.2, 0.25) is 5.02 Å². The van der Waals surface area contributed by atoms with Crippen LogP contribution >= 0.6 is 11.6 Å². The van der Waals surface area contributed by atoms with Gasteiger partial charge < -0.3 is 15.0 Å². The Balaban J connectivity index is 1.33. The van der Waals surface area contributed by atoms with Gasteiger partial charge in [0.2, 0.25) is 0 Å². The van der Waals surface area contributed by atoms with Gasteiger partial charge >= 0.3 is 6.03 Å². The Morgan fingerprint density at radius 2 is 1.84 bits per heavy atom. The predicted octanol–water partition coefficient (Wildman–Crippen LogP) is 3.14. The van der Waals surface area contributed by atoms with E-state index in [0.29, 0.717) is 36.7 Å². The third kappa shape index (κ3) is 4.51. The van der Waals surface area contributed by atoms with Crippen molar-refractivity contribution in [3.63, 3.8) is 0 Å². The van der Waals surface area contributed by atoms with Crippen LogP contribution in [0, 0.1) is 6.92 Å². The Morgan fingerprint density at radius 3 is 2.52 bits per heavy atom. The Bertz CT molecular complexity index is 1000. The Hall–Kier alpha value is -3.06. The quantitative estimate of drug-likeness (QED) is 0.723. The lowest BCUT2D eigenvalue weighted by molar-refractivity contribution is -0.139. The van der Waals surface area contributed by atoms with Crippen LogP contribution in [0.3, 0.4) is 0 Å². The maximum absolute atomic E-state index is 13.1. The fourth-order valence-electron chi connectivity index (χ4n) is 4.01. The molecule has 162 valence electrons. The van der Waals surface area contributed by atoms with Crippen molar-refractivity contribution in [3.8, 4) is 5.75 Å². The molecule has 7 nitrogen and oxygen atoms in total. The number of benzene rings is 2. The van der Waals surface area contributed by atoms with Gasteiger partial charge in [0, 0.05) is 18.1 Å². The van der Waals surface area contributed by atoms with Gasteiger partial charge in [-0.1, -0.05) is 35.9 Å². The molecular weight excluding hydrogens is 418 g/mol. The molecule has 2 aromatic rings. The molecule has 4 amide bonds. The SMILES string of the molecule is Cc1cccc(OCC(=O)N2CCC3(CC2)NC(=O)N(Cc2ccc(Cl)cc2)C3=O)c1. The standard InChI is InChI=1S/C23H24ClN3O4/c1-16-3-2-4-19(13-16)31-15-20(28)26-11-9-23(10-12-26)21(29)27(22(30)25-23)14-17-5-7-18(24)8-6-17/h2-8,13H,9-12,14-15H2,1H3,(H,25,30). The second kappa shape index (κ2) is 8.59. The van der Waals surface area contributed by atoms with E-state index in [1.807, 2.05) is 31.2 Å². The van der Waals surface area contributed by atoms with E-state index in [2.05, 4.69) is 5.32 Å². The zero-order chi connectivity index (χ0) is 22.0. The minimum atomic E-state index is -0.947. The van der Waals surface area contributed by atoms with Gasteiger partial charge in [-0.05, 0) is 55.2 Å². The second-order valence-corrected chi connectivity index (χ2v) is 8.45. The van der Waals surface area contributed by atoms with E-state index in [9.17, 15) is 14.4 Å². The summed E-state index contributed by atoms with van der Waals surface area (Å²) in [5, 5.41) is 3.46. The highest BCUT2D eigenvalue weighted by atomic mass is 35.5. The molecule has 0 saturated carbocycles. The number of nitrogens with one attached hydrogen (secondary N) is 1. The molecule has 0 aliphatic carbocycles. The number of likely N-dealkylation sites (tertiary alicyclic amines) is 1. The number of carbonyl (C=O) groups is 3. The van der Waals surface area contributed by atoms with Gasteiger partial charge in [0.1, 0.15) is 11.3 Å². The number of imide groups is 1. The topological polar surface area (TPSA) is 79.0 Å². The summed E-state index contributed by atoms with van der Waals surface area (Å²) in [6.07, 6.45) is 0.760. The van der Waals surface area contributed by atoms with Gasteiger partial charge in [0.05, 0.1) is 6.54 Å². The molecule has 0 radical (unpaired) electrons. The highest BCUT2D eigenvalue weighted by Crippen LogP contribution is 2.30. The molecule has 0 aromatic heterocycles. The minimum absolute atomic E-state index is 0.0561. The van der Waals surface area contributed by atoms with E-state index < -0.39 is 11.6 Å². The first-order valence-corrected chi connectivity index (χ1v) is 10.6. The maximum Gasteiger partial charge on any atom is 0.325 e. The number of piperidine rings is 1. The van der Waals surface area contributed by atoms with Crippen molar-refractivity contribution in [1.29, 1.82) is 0 Å². The molecule has 31 heavy (non-hydrogen) atoms. The van der Waals surface area contributed by atoms with Crippen molar-refractivity contribution in [2.75, 3.05) is 19.7 Å². The molecule has 0 unspecified atom stereocenters. The number of urea groups is 1. The average molecular weight is 442 g/mol. The average Bonchev–Trinajstić information content (AvgIpc) is 2.98. The number of hydrogen-bond donors (Lipinski definition) is 1. The van der Waals surface area contributed by atoms with Gasteiger partial charge in [-0.15, -0.1) is 0 Å². The highest BCUT2D eigenvalue weighted by Gasteiger charge is 2.52. The Morgan fingerprint density at radius 1 is 1.13 bits per heavy atom. The van der Waals surface area contributed by atoms with Gasteiger partial charge in [-0.2, -0.15) is 0 Å². The fraction of sp³-hybridized carbons (Fsp3) is 0.348. The first-order chi connectivity index (χ1) is 14.9. The molecule has 2 saturated heterocycles. The molecule has 2 fully saturated rings. The molecule has 1 N–H and O–H groups in total. The lowest BCUT2D eigenvalue weighted by Crippen LogP contribution is -2.56. The summed E-state index contributed by atoms with van der Waals surface area (Å²) in [5.74, 6) is 0.277. The molecule has 1 spiro atoms. The van der Waals surface area contributed by atoms with Crippen LogP contribution < -0.4 is 10.1 Å². The van der Waals surface area contributed by atoms with E-state index in [1.165, 1.54) is 4.90 Å². The molecule has 0 bridgehead atoms. The predicted molar refractivity (Wildman–Crippen MR) is 116 cm³/mol. The summed E-state index contributed by atoms with van der Waals surface area (Å²) < 4.78 is 5.60. The lowest BCUT2D eigenvalue weighted by atomic mass is 9.87. The first-order valence-electron chi connectivity index (χ1n) is 10.2. The fourth-order valence-corrected chi connectivity index (χ4v) is 4.14. The van der Waals surface area contributed by atoms with Crippen molar-refractivity contribution < 1.29 is 19.1 Å². The van der Waals surface area contributed by atoms with Crippen molar-refractivity contribution >= 4 is 29.4 Å². The van der Waals surface area contributed by atoms with Crippen LogP contribution in [0.25, 0.3) is 0 Å². The third-order valence-electron chi connectivity index (χ3n) is 5.82. The number of carbonyl (C=O) groups excluding carboxylic acids is 3. The minimum Gasteiger partial charge on any atom is -0.484 e. The van der Waals surface area contributed by atoms with Crippen LogP contribution in [0.1, 0.15) is 24.0 Å². The first kappa shape index (κ1) is 21.2. The zero-order valence-corrected chi connectivity index (χ0v) is 18.0. The van der Waals surface area contributed by atoms with E-state index in [0.717, 1.165) is 11.1 Å². The van der Waals surface area contributed by atoms with Crippen LogP contribution in [0.15, 0.2) is 48.5 Å². The van der Waals surface area contributed by atoms with Gasteiger partial charge in [0.25, 0.3) is 11.8 Å². The number of halogens is 1. The van der Waals surface area contributed by atoms with E-state index in [1.54, 1.807) is 29.2 Å². The largest absolute Gasteiger partial charge is 0.484 e. The summed E-state index contributed by atoms with van der Waals surface area (Å²) in [4.78, 5) is 41.0. The number of nitrogens with zero attached hydrogens (tertiary/aromatic N) is 2. The monoisotopic (exact) mass is 441 g/mol. The van der Waals surface area contributed by atoms with Crippen molar-refractivity contribution in [2.45, 2.75) is 31.8 Å². The van der Waals surface area contributed by atoms with Crippen molar-refractivity contribution in [2.24, 2.45) is 0 Å². The Labute approximate surface area is 185 Å². The zero-order valence-electron chi connectivity index (χ0n) is 17.3. The third-order valence-corrected chi connectivity index (χ3v) is 6.07. The molecule has 4 rings (SSSR count). The summed E-state index contributed by atoms with van der Waals surface area (Å²) >= 11 is 5.90. The summed E-state index contributed by atoms with van der Waals surface area (Å²) in [7, 11) is 0. The van der Waals surface area contributed by atoms with Crippen LogP contribution in [0.4, 0.5) is 4.79 Å². The van der Waals surface area contributed by atoms with Crippen LogP contribution in [-0.4, -0.2) is 52.9 Å². The van der Waals surface area contributed by atoms with Gasteiger partial charge in [-0.3, -0.25) is 14.5 Å². The smallest absolute Gasteiger partial charge is 0.325 e. The van der Waals surface area contributed by atoms with Gasteiger partial charge in [-0.25, -0.2) is 4.79 Å². The molecule has 2 heterocycles. The number of aryl methyl sites for hydroxylation is 1. The number of amides is 4. The molecule has 2 aliphatic rings. The number of hydrogen-bond acceptors (Lipinski definition) is 4. The molecular formula is C23H24ClN3O4. The summed E-state index contributed by atoms with van der Waals surface area (Å²) in [5.41, 5.74) is 0.937. The molecule has 0 atom stereocenters. The number of rotatable bonds is 5. The second-order valence-electron chi connectivity index (χ2n) is 8.02. The van der Waals surface area contributed by atoms with Gasteiger partial charge in [0.15, 0.2) is 6.61 Å². The molecule has 2 aliphatic heterocycles. The van der Waals surface area contributed by atoms with E-state index >= 15 is 0 Å². The lowest BCUT2D eigenvalue weighted by Gasteiger charge is -2.37. The van der Waals surface area contributed by atoms with Crippen molar-refractivity contribution in [1.82, 2.24) is 15.1 Å². The summed E-state index contributed by atoms with van der Waals surface area (Å²) in [6, 6.07) is 14.2. The number of ether oxygens (including phenoxy) is 1. The molecule has 2 aromatic carbocycles. The van der Waals surface area contributed by atoms with E-state index in [4.69, 9.17) is 16.3 Å². The Kier molecular flexibility index (Phi) is 5.87. The van der Waals surface area contributed by atoms with E-state index in [-0.39, 0.29) is 25.0 Å². The van der Waals surface area contributed by atoms with Crippen LogP contribution in [-0.2, 0) is 16.1 Å². The normalized spacial score (nSPS) is 17.7. The van der Waals surface area contributed by atoms with Crippen LogP contribution in [0.5, 0.6) is 5.75 Å². The van der Waals surface area contributed by atoms with Crippen molar-refractivity contribution in [3.05, 3.63) is 64.7 Å². The molecule has 8 heteroatoms.